The molecule has 1 aliphatic rings. The molecule has 2 atom stereocenters. The number of aryl methyl sites for hydroxylation is 2. The Labute approximate surface area is 111 Å². The molecule has 3 heteroatoms. The van der Waals surface area contributed by atoms with Gasteiger partial charge in [0, 0.05) is 27.2 Å². The number of anilines is 1. The average Bonchev–Trinajstić information content (AvgIpc) is 2.58. The summed E-state index contributed by atoms with van der Waals surface area (Å²) in [4.78, 5) is 0. The third-order valence-electron chi connectivity index (χ3n) is 3.04. The molecule has 1 fully saturated rings. The van der Waals surface area contributed by atoms with Crippen LogP contribution >= 0.6 is 27.7 Å². The van der Waals surface area contributed by atoms with Gasteiger partial charge in [-0.05, 0) is 43.5 Å². The van der Waals surface area contributed by atoms with Crippen molar-refractivity contribution in [3.63, 3.8) is 0 Å². The summed E-state index contributed by atoms with van der Waals surface area (Å²) in [6.07, 6.45) is 1.28. The second-order valence-electron chi connectivity index (χ2n) is 4.64. The topological polar surface area (TPSA) is 12.0 Å². The number of nitrogens with one attached hydrogen (secondary N) is 1. The summed E-state index contributed by atoms with van der Waals surface area (Å²) in [5.74, 6) is 1.23. The van der Waals surface area contributed by atoms with Crippen LogP contribution in [0.5, 0.6) is 0 Å². The Morgan fingerprint density at radius 3 is 2.44 bits per heavy atom. The van der Waals surface area contributed by atoms with E-state index in [1.54, 1.807) is 0 Å². The number of hydrogen-bond acceptors (Lipinski definition) is 2. The van der Waals surface area contributed by atoms with Gasteiger partial charge in [0.25, 0.3) is 0 Å². The molecule has 1 heterocycles. The lowest BCUT2D eigenvalue weighted by Gasteiger charge is -2.18. The maximum absolute atomic E-state index is 3.69. The highest BCUT2D eigenvalue weighted by atomic mass is 79.9. The highest BCUT2D eigenvalue weighted by Crippen LogP contribution is 2.31. The quantitative estimate of drug-likeness (QED) is 0.870. The normalized spacial score (nSPS) is 24.8. The van der Waals surface area contributed by atoms with Crippen molar-refractivity contribution in [1.29, 1.82) is 0 Å². The maximum atomic E-state index is 3.69. The van der Waals surface area contributed by atoms with Gasteiger partial charge in [0.15, 0.2) is 0 Å². The fraction of sp³-hybridized carbons (Fsp3) is 0.538. The smallest absolute Gasteiger partial charge is 0.0402 e. The molecule has 0 bridgehead atoms. The molecule has 1 aliphatic heterocycles. The van der Waals surface area contributed by atoms with Crippen LogP contribution in [0, 0.1) is 13.8 Å². The van der Waals surface area contributed by atoms with Crippen LogP contribution in [0.3, 0.4) is 0 Å². The first-order chi connectivity index (χ1) is 7.56. The van der Waals surface area contributed by atoms with Crippen molar-refractivity contribution < 1.29 is 0 Å². The predicted molar refractivity (Wildman–Crippen MR) is 77.6 cm³/mol. The Bertz CT molecular complexity index is 369. The highest BCUT2D eigenvalue weighted by molar-refractivity contribution is 9.10. The van der Waals surface area contributed by atoms with E-state index in [2.05, 4.69) is 65.9 Å². The van der Waals surface area contributed by atoms with Gasteiger partial charge in [0.05, 0.1) is 0 Å². The Morgan fingerprint density at radius 2 is 1.94 bits per heavy atom. The van der Waals surface area contributed by atoms with E-state index in [9.17, 15) is 0 Å². The number of halogens is 1. The monoisotopic (exact) mass is 299 g/mol. The van der Waals surface area contributed by atoms with Crippen molar-refractivity contribution in [3.8, 4) is 0 Å². The fourth-order valence-electron chi connectivity index (χ4n) is 2.26. The van der Waals surface area contributed by atoms with Crippen molar-refractivity contribution in [2.75, 3.05) is 11.1 Å². The summed E-state index contributed by atoms with van der Waals surface area (Å²) in [7, 11) is 0. The Kier molecular flexibility index (Phi) is 3.85. The molecule has 0 aromatic heterocycles. The molecule has 2 rings (SSSR count). The van der Waals surface area contributed by atoms with E-state index >= 15 is 0 Å². The summed E-state index contributed by atoms with van der Waals surface area (Å²) in [6, 6.07) is 5.00. The van der Waals surface area contributed by atoms with E-state index in [4.69, 9.17) is 0 Å². The lowest BCUT2D eigenvalue weighted by molar-refractivity contribution is 0.745. The first-order valence-corrected chi connectivity index (χ1v) is 7.55. The van der Waals surface area contributed by atoms with Gasteiger partial charge in [-0.3, -0.25) is 0 Å². The zero-order valence-corrected chi connectivity index (χ0v) is 12.4. The molecule has 16 heavy (non-hydrogen) atoms. The van der Waals surface area contributed by atoms with Crippen LogP contribution in [-0.2, 0) is 0 Å². The molecule has 1 saturated heterocycles. The van der Waals surface area contributed by atoms with Crippen molar-refractivity contribution in [2.45, 2.75) is 38.5 Å². The Morgan fingerprint density at radius 1 is 1.31 bits per heavy atom. The SMILES string of the molecule is Cc1cc(Br)cc(C)c1NC1CSC(C)C1. The molecular formula is C13H18BrNS. The summed E-state index contributed by atoms with van der Waals surface area (Å²) in [6.45, 7) is 6.66. The number of thioether (sulfide) groups is 1. The maximum Gasteiger partial charge on any atom is 0.0402 e. The molecule has 88 valence electrons. The molecule has 0 radical (unpaired) electrons. The molecule has 2 unspecified atom stereocenters. The summed E-state index contributed by atoms with van der Waals surface area (Å²) < 4.78 is 1.17. The van der Waals surface area contributed by atoms with E-state index in [0.29, 0.717) is 6.04 Å². The predicted octanol–water partition coefficient (Wildman–Crippen LogP) is 4.37. The van der Waals surface area contributed by atoms with Crippen molar-refractivity contribution in [2.24, 2.45) is 0 Å². The van der Waals surface area contributed by atoms with Crippen molar-refractivity contribution >= 4 is 33.4 Å². The van der Waals surface area contributed by atoms with Gasteiger partial charge in [-0.15, -0.1) is 0 Å². The minimum atomic E-state index is 0.638. The minimum absolute atomic E-state index is 0.638. The number of hydrogen-bond donors (Lipinski definition) is 1. The Balaban J connectivity index is 2.15. The summed E-state index contributed by atoms with van der Waals surface area (Å²) in [5, 5.41) is 4.49. The molecule has 0 amide bonds. The van der Waals surface area contributed by atoms with Gasteiger partial charge in [-0.1, -0.05) is 22.9 Å². The van der Waals surface area contributed by atoms with Gasteiger partial charge >= 0.3 is 0 Å². The highest BCUT2D eigenvalue weighted by Gasteiger charge is 2.22. The largest absolute Gasteiger partial charge is 0.381 e. The van der Waals surface area contributed by atoms with Gasteiger partial charge in [-0.25, -0.2) is 0 Å². The van der Waals surface area contributed by atoms with E-state index < -0.39 is 0 Å². The Hall–Kier alpha value is -0.150. The lowest BCUT2D eigenvalue weighted by Crippen LogP contribution is -2.20. The van der Waals surface area contributed by atoms with Gasteiger partial charge < -0.3 is 5.32 Å². The molecule has 1 N–H and O–H groups in total. The first kappa shape index (κ1) is 12.3. The van der Waals surface area contributed by atoms with E-state index in [1.165, 1.54) is 33.5 Å². The van der Waals surface area contributed by atoms with E-state index in [-0.39, 0.29) is 0 Å². The van der Waals surface area contributed by atoms with Crippen LogP contribution in [0.2, 0.25) is 0 Å². The van der Waals surface area contributed by atoms with Crippen LogP contribution in [0.15, 0.2) is 16.6 Å². The van der Waals surface area contributed by atoms with Crippen LogP contribution in [0.25, 0.3) is 0 Å². The van der Waals surface area contributed by atoms with Gasteiger partial charge in [-0.2, -0.15) is 11.8 Å². The van der Waals surface area contributed by atoms with Crippen LogP contribution in [0.1, 0.15) is 24.5 Å². The number of rotatable bonds is 2. The van der Waals surface area contributed by atoms with Crippen molar-refractivity contribution in [3.05, 3.63) is 27.7 Å². The molecule has 0 saturated carbocycles. The van der Waals surface area contributed by atoms with Crippen LogP contribution in [-0.4, -0.2) is 17.0 Å². The van der Waals surface area contributed by atoms with E-state index in [1.807, 2.05) is 0 Å². The average molecular weight is 300 g/mol. The van der Waals surface area contributed by atoms with Crippen LogP contribution < -0.4 is 5.32 Å². The van der Waals surface area contributed by atoms with Crippen molar-refractivity contribution in [1.82, 2.24) is 0 Å². The van der Waals surface area contributed by atoms with Gasteiger partial charge in [0.2, 0.25) is 0 Å². The lowest BCUT2D eigenvalue weighted by atomic mass is 10.1. The second kappa shape index (κ2) is 5.01. The molecule has 0 aliphatic carbocycles. The standard InChI is InChI=1S/C13H18BrNS/c1-8-4-11(14)5-9(2)13(8)15-12-6-10(3)16-7-12/h4-5,10,12,15H,6-7H2,1-3H3. The fourth-order valence-corrected chi connectivity index (χ4v) is 4.10. The molecule has 1 aromatic carbocycles. The number of benzene rings is 1. The van der Waals surface area contributed by atoms with Gasteiger partial charge in [0.1, 0.15) is 0 Å². The first-order valence-electron chi connectivity index (χ1n) is 5.71. The summed E-state index contributed by atoms with van der Waals surface area (Å²) in [5.41, 5.74) is 3.98. The third-order valence-corrected chi connectivity index (χ3v) is 4.86. The van der Waals surface area contributed by atoms with E-state index in [0.717, 1.165) is 5.25 Å². The second-order valence-corrected chi connectivity index (χ2v) is 7.02. The summed E-state index contributed by atoms with van der Waals surface area (Å²) >= 11 is 5.61. The molecule has 1 aromatic rings. The zero-order valence-electron chi connectivity index (χ0n) is 10.0. The molecule has 1 nitrogen and oxygen atoms in total. The minimum Gasteiger partial charge on any atom is -0.381 e. The molecular weight excluding hydrogens is 282 g/mol. The molecule has 0 spiro atoms. The van der Waals surface area contributed by atoms with Crippen LogP contribution in [0.4, 0.5) is 5.69 Å². The third kappa shape index (κ3) is 2.75. The zero-order chi connectivity index (χ0) is 11.7.